The second kappa shape index (κ2) is 12.0. The Morgan fingerprint density at radius 2 is 1.71 bits per heavy atom. The molecule has 0 fully saturated rings. The van der Waals surface area contributed by atoms with Gasteiger partial charge in [-0.1, -0.05) is 47.6 Å². The predicted octanol–water partition coefficient (Wildman–Crippen LogP) is 5.60. The molecule has 0 spiro atoms. The van der Waals surface area contributed by atoms with Gasteiger partial charge < -0.3 is 5.11 Å². The van der Waals surface area contributed by atoms with Crippen molar-refractivity contribution in [2.24, 2.45) is 0 Å². The topological polar surface area (TPSA) is 37.3 Å². The van der Waals surface area contributed by atoms with Crippen molar-refractivity contribution in [3.05, 3.63) is 59.3 Å². The van der Waals surface area contributed by atoms with E-state index in [0.29, 0.717) is 0 Å². The molecule has 0 rings (SSSR count). The third-order valence-electron chi connectivity index (χ3n) is 3.06. The van der Waals surface area contributed by atoms with E-state index in [1.807, 2.05) is 25.2 Å². The summed E-state index contributed by atoms with van der Waals surface area (Å²) in [5, 5.41) is 8.60. The smallest absolute Gasteiger partial charge is 0.328 e. The van der Waals surface area contributed by atoms with Crippen LogP contribution in [0.1, 0.15) is 53.4 Å². The summed E-state index contributed by atoms with van der Waals surface area (Å²) in [6, 6.07) is 0. The molecule has 0 radical (unpaired) electrons. The van der Waals surface area contributed by atoms with Crippen LogP contribution in [0, 0.1) is 0 Å². The van der Waals surface area contributed by atoms with Crippen molar-refractivity contribution < 1.29 is 9.90 Å². The van der Waals surface area contributed by atoms with E-state index in [1.54, 1.807) is 6.92 Å². The first kappa shape index (κ1) is 19.2. The van der Waals surface area contributed by atoms with Crippen LogP contribution in [0.25, 0.3) is 0 Å². The lowest BCUT2D eigenvalue weighted by molar-refractivity contribution is -0.131. The molecule has 0 aromatic heterocycles. The molecule has 116 valence electrons. The van der Waals surface area contributed by atoms with Crippen molar-refractivity contribution in [3.8, 4) is 0 Å². The highest BCUT2D eigenvalue weighted by Crippen LogP contribution is 2.10. The summed E-state index contributed by atoms with van der Waals surface area (Å²) in [4.78, 5) is 10.5. The lowest BCUT2D eigenvalue weighted by Crippen LogP contribution is -1.87. The van der Waals surface area contributed by atoms with Gasteiger partial charge >= 0.3 is 5.97 Å². The molecule has 0 aliphatic rings. The van der Waals surface area contributed by atoms with Crippen LogP contribution in [0.4, 0.5) is 0 Å². The van der Waals surface area contributed by atoms with E-state index in [1.165, 1.54) is 17.2 Å². The van der Waals surface area contributed by atoms with Crippen molar-refractivity contribution in [1.82, 2.24) is 0 Å². The first-order chi connectivity index (χ1) is 9.95. The van der Waals surface area contributed by atoms with Gasteiger partial charge in [-0.2, -0.15) is 0 Å². The molecule has 0 amide bonds. The fraction of sp³-hybridized carbons (Fsp3) is 0.421. The maximum atomic E-state index is 10.5. The minimum absolute atomic E-state index is 0.742. The van der Waals surface area contributed by atoms with Crippen molar-refractivity contribution in [1.29, 1.82) is 0 Å². The number of carboxylic acids is 1. The molecule has 0 saturated heterocycles. The van der Waals surface area contributed by atoms with Crippen molar-refractivity contribution in [3.63, 3.8) is 0 Å². The van der Waals surface area contributed by atoms with Gasteiger partial charge in [-0.25, -0.2) is 4.79 Å². The number of carboxylic acid groups (broad SMARTS) is 1. The molecule has 2 nitrogen and oxygen atoms in total. The second-order valence-electron chi connectivity index (χ2n) is 5.30. The van der Waals surface area contributed by atoms with E-state index in [-0.39, 0.29) is 0 Å². The molecule has 1 N–H and O–H groups in total. The predicted molar refractivity (Wildman–Crippen MR) is 91.3 cm³/mol. The summed E-state index contributed by atoms with van der Waals surface area (Å²) in [5.41, 5.74) is 3.48. The van der Waals surface area contributed by atoms with Crippen LogP contribution in [0.5, 0.6) is 0 Å². The highest BCUT2D eigenvalue weighted by Gasteiger charge is 1.91. The summed E-state index contributed by atoms with van der Waals surface area (Å²) in [5.74, 6) is -0.906. The maximum absolute atomic E-state index is 10.5. The number of aliphatic carboxylic acids is 1. The number of hydrogen-bond acceptors (Lipinski definition) is 1. The minimum atomic E-state index is -0.906. The van der Waals surface area contributed by atoms with Gasteiger partial charge in [0.25, 0.3) is 0 Å². The van der Waals surface area contributed by atoms with Crippen LogP contribution in [0.2, 0.25) is 0 Å². The number of carbonyl (C=O) groups is 1. The quantitative estimate of drug-likeness (QED) is 0.340. The van der Waals surface area contributed by atoms with E-state index >= 15 is 0 Å². The van der Waals surface area contributed by atoms with E-state index in [9.17, 15) is 4.79 Å². The van der Waals surface area contributed by atoms with E-state index in [0.717, 1.165) is 31.3 Å². The summed E-state index contributed by atoms with van der Waals surface area (Å²) >= 11 is 0. The number of rotatable bonds is 9. The molecule has 0 unspecified atom stereocenters. The third-order valence-corrected chi connectivity index (χ3v) is 3.06. The molecule has 0 aliphatic carbocycles. The van der Waals surface area contributed by atoms with Gasteiger partial charge in [-0.05, 0) is 59.0 Å². The minimum Gasteiger partial charge on any atom is -0.478 e. The van der Waals surface area contributed by atoms with Gasteiger partial charge in [0.1, 0.15) is 0 Å². The van der Waals surface area contributed by atoms with Crippen LogP contribution in [0.3, 0.4) is 0 Å². The Morgan fingerprint density at radius 3 is 2.33 bits per heavy atom. The molecule has 0 aromatic carbocycles. The molecule has 21 heavy (non-hydrogen) atoms. The summed E-state index contributed by atoms with van der Waals surface area (Å²) in [7, 11) is 0. The molecule has 0 aliphatic heterocycles. The van der Waals surface area contributed by atoms with E-state index < -0.39 is 5.97 Å². The normalized spacial score (nSPS) is 14.4. The zero-order valence-electron chi connectivity index (χ0n) is 13.7. The number of allylic oxidation sites excluding steroid dienone is 9. The molecule has 0 heterocycles. The molecule has 0 atom stereocenters. The maximum Gasteiger partial charge on any atom is 0.328 e. The summed E-state index contributed by atoms with van der Waals surface area (Å²) < 4.78 is 0. The van der Waals surface area contributed by atoms with Gasteiger partial charge in [0.15, 0.2) is 0 Å². The average Bonchev–Trinajstić information content (AvgIpc) is 2.38. The molecular weight excluding hydrogens is 260 g/mol. The van der Waals surface area contributed by atoms with Crippen LogP contribution >= 0.6 is 0 Å². The fourth-order valence-corrected chi connectivity index (χ4v) is 1.82. The Hall–Kier alpha value is -1.83. The van der Waals surface area contributed by atoms with Crippen LogP contribution < -0.4 is 0 Å². The van der Waals surface area contributed by atoms with Gasteiger partial charge in [-0.15, -0.1) is 0 Å². The van der Waals surface area contributed by atoms with Crippen molar-refractivity contribution in [2.45, 2.75) is 53.4 Å². The zero-order chi connectivity index (χ0) is 16.1. The van der Waals surface area contributed by atoms with Crippen LogP contribution in [0.15, 0.2) is 59.3 Å². The second-order valence-corrected chi connectivity index (χ2v) is 5.30. The SMILES string of the molecule is C/C=C/CC/C(C)=C/CC/C(C)=C/C=C/C(C)=C\C(=O)O. The molecule has 0 saturated carbocycles. The monoisotopic (exact) mass is 288 g/mol. The zero-order valence-corrected chi connectivity index (χ0v) is 13.7. The van der Waals surface area contributed by atoms with Gasteiger partial charge in [0.2, 0.25) is 0 Å². The molecule has 0 bridgehead atoms. The summed E-state index contributed by atoms with van der Waals surface area (Å²) in [6.45, 7) is 8.12. The Labute approximate surface area is 129 Å². The Kier molecular flexibility index (Phi) is 10.9. The molecule has 2 heteroatoms. The third kappa shape index (κ3) is 12.9. The van der Waals surface area contributed by atoms with Crippen LogP contribution in [-0.2, 0) is 4.79 Å². The molecule has 0 aromatic rings. The lowest BCUT2D eigenvalue weighted by Gasteiger charge is -2.00. The first-order valence-electron chi connectivity index (χ1n) is 7.47. The van der Waals surface area contributed by atoms with Gasteiger partial charge in [0.05, 0.1) is 0 Å². The Balaban J connectivity index is 4.16. The number of hydrogen-bond donors (Lipinski definition) is 1. The molecular formula is C19H28O2. The lowest BCUT2D eigenvalue weighted by atomic mass is 10.1. The van der Waals surface area contributed by atoms with E-state index in [4.69, 9.17) is 5.11 Å². The van der Waals surface area contributed by atoms with Crippen molar-refractivity contribution >= 4 is 5.97 Å². The Bertz CT molecular complexity index is 460. The van der Waals surface area contributed by atoms with Crippen LogP contribution in [-0.4, -0.2) is 11.1 Å². The average molecular weight is 288 g/mol. The van der Waals surface area contributed by atoms with E-state index in [2.05, 4.69) is 32.1 Å². The standard InChI is InChI=1S/C19H28O2/c1-5-6-7-10-16(2)11-8-12-17(3)13-9-14-18(4)15-19(20)21/h5-6,9,11,13-15H,7-8,10,12H2,1-4H3,(H,20,21)/b6-5+,14-9+,16-11+,17-13+,18-15-. The summed E-state index contributed by atoms with van der Waals surface area (Å²) in [6.07, 6.45) is 17.9. The van der Waals surface area contributed by atoms with Gasteiger partial charge in [-0.3, -0.25) is 0 Å². The first-order valence-corrected chi connectivity index (χ1v) is 7.47. The van der Waals surface area contributed by atoms with Gasteiger partial charge in [0, 0.05) is 6.08 Å². The highest BCUT2D eigenvalue weighted by molar-refractivity contribution is 5.81. The largest absolute Gasteiger partial charge is 0.478 e. The highest BCUT2D eigenvalue weighted by atomic mass is 16.4. The van der Waals surface area contributed by atoms with Crippen molar-refractivity contribution in [2.75, 3.05) is 0 Å². The fourth-order valence-electron chi connectivity index (χ4n) is 1.82. The Morgan fingerprint density at radius 1 is 1.05 bits per heavy atom.